The molecule has 1 aliphatic rings. The maximum absolute atomic E-state index is 13.8. The number of amides is 1. The zero-order valence-electron chi connectivity index (χ0n) is 23.1. The molecular formula is C29H29F2N9O2. The molecule has 5 aromatic rings. The van der Waals surface area contributed by atoms with E-state index in [2.05, 4.69) is 25.1 Å². The predicted molar refractivity (Wildman–Crippen MR) is 153 cm³/mol. The lowest BCUT2D eigenvalue weighted by Crippen LogP contribution is -2.48. The summed E-state index contributed by atoms with van der Waals surface area (Å²) >= 11 is 0. The minimum Gasteiger partial charge on any atom is -0.392 e. The summed E-state index contributed by atoms with van der Waals surface area (Å²) in [6.45, 7) is 5.40. The van der Waals surface area contributed by atoms with Gasteiger partial charge in [-0.1, -0.05) is 0 Å². The number of carbonyl (C=O) groups excluding carboxylic acids is 1. The van der Waals surface area contributed by atoms with Crippen LogP contribution in [0.3, 0.4) is 0 Å². The number of piperazine rings is 1. The number of imidazole rings is 1. The fourth-order valence-corrected chi connectivity index (χ4v) is 5.25. The Morgan fingerprint density at radius 1 is 1.05 bits per heavy atom. The zero-order valence-corrected chi connectivity index (χ0v) is 23.1. The van der Waals surface area contributed by atoms with Crippen LogP contribution in [-0.4, -0.2) is 84.1 Å². The number of nitrogens with one attached hydrogen (secondary N) is 1. The lowest BCUT2D eigenvalue weighted by molar-refractivity contribution is 0.102. The maximum Gasteiger partial charge on any atom is 0.257 e. The number of anilines is 2. The number of nitrogens with zero attached hydrogens (tertiary/aromatic N) is 8. The summed E-state index contributed by atoms with van der Waals surface area (Å²) in [5.41, 5.74) is 3.40. The summed E-state index contributed by atoms with van der Waals surface area (Å²) in [7, 11) is 1.87. The monoisotopic (exact) mass is 573 g/mol. The molecular weight excluding hydrogens is 544 g/mol. The van der Waals surface area contributed by atoms with Crippen LogP contribution < -0.4 is 10.2 Å². The molecule has 1 aliphatic heterocycles. The number of rotatable bonds is 7. The van der Waals surface area contributed by atoms with Gasteiger partial charge in [0.1, 0.15) is 17.3 Å². The standard InChI is InChI=1S/C29H29F2N9O2/c1-18(41)16-38-11-13-39(14-12-38)29-26(27(36-37(29)2)19-3-5-21(30)6-4-19)22-7-8-25-33-24(17-40(25)35-22)34-28(42)20-9-10-32-23(31)15-20/h3-10,15,17-18,41H,11-14,16H2,1-2H3,(H,34,42)/t18-/m0/s1. The molecule has 4 aromatic heterocycles. The van der Waals surface area contributed by atoms with Gasteiger partial charge in [-0.3, -0.25) is 14.4 Å². The summed E-state index contributed by atoms with van der Waals surface area (Å²) in [5, 5.41) is 22.2. The first kappa shape index (κ1) is 27.4. The average Bonchev–Trinajstić information content (AvgIpc) is 3.53. The number of hydrogen-bond acceptors (Lipinski definition) is 8. The van der Waals surface area contributed by atoms with E-state index in [0.717, 1.165) is 49.2 Å². The maximum atomic E-state index is 13.8. The number of halogens is 2. The second-order valence-corrected chi connectivity index (χ2v) is 10.3. The zero-order chi connectivity index (χ0) is 29.4. The molecule has 0 saturated carbocycles. The summed E-state index contributed by atoms with van der Waals surface area (Å²) in [5.74, 6) is -0.499. The summed E-state index contributed by atoms with van der Waals surface area (Å²) in [6, 6.07) is 12.3. The van der Waals surface area contributed by atoms with Crippen molar-refractivity contribution in [2.75, 3.05) is 42.9 Å². The van der Waals surface area contributed by atoms with Gasteiger partial charge in [0.15, 0.2) is 11.5 Å². The van der Waals surface area contributed by atoms with Gasteiger partial charge in [0.25, 0.3) is 5.91 Å². The number of benzene rings is 1. The molecule has 5 heterocycles. The van der Waals surface area contributed by atoms with Crippen LogP contribution in [0.2, 0.25) is 0 Å². The first-order valence-corrected chi connectivity index (χ1v) is 13.5. The Morgan fingerprint density at radius 2 is 1.81 bits per heavy atom. The lowest BCUT2D eigenvalue weighted by Gasteiger charge is -2.36. The van der Waals surface area contributed by atoms with Crippen molar-refractivity contribution in [3.63, 3.8) is 0 Å². The predicted octanol–water partition coefficient (Wildman–Crippen LogP) is 3.23. The van der Waals surface area contributed by atoms with Gasteiger partial charge in [-0.25, -0.2) is 18.9 Å². The largest absolute Gasteiger partial charge is 0.392 e. The summed E-state index contributed by atoms with van der Waals surface area (Å²) < 4.78 is 30.7. The van der Waals surface area contributed by atoms with Gasteiger partial charge in [0, 0.05) is 63.2 Å². The molecule has 42 heavy (non-hydrogen) atoms. The number of aliphatic hydroxyl groups is 1. The summed E-state index contributed by atoms with van der Waals surface area (Å²) in [4.78, 5) is 25.0. The van der Waals surface area contributed by atoms with E-state index >= 15 is 0 Å². The number of aliphatic hydroxyl groups excluding tert-OH is 1. The molecule has 11 nitrogen and oxygen atoms in total. The third-order valence-corrected chi connectivity index (χ3v) is 7.14. The average molecular weight is 574 g/mol. The molecule has 216 valence electrons. The number of hydrogen-bond donors (Lipinski definition) is 2. The van der Waals surface area contributed by atoms with Crippen molar-refractivity contribution < 1.29 is 18.7 Å². The van der Waals surface area contributed by atoms with Gasteiger partial charge in [-0.2, -0.15) is 14.6 Å². The summed E-state index contributed by atoms with van der Waals surface area (Å²) in [6.07, 6.45) is 2.40. The fraction of sp³-hybridized carbons (Fsp3) is 0.276. The number of β-amino-alcohol motifs (C(OH)–C–C–N with tert-alkyl or cyclic N) is 1. The molecule has 1 saturated heterocycles. The van der Waals surface area contributed by atoms with Gasteiger partial charge in [0.2, 0.25) is 5.95 Å². The van der Waals surface area contributed by atoms with E-state index in [1.54, 1.807) is 35.8 Å². The smallest absolute Gasteiger partial charge is 0.257 e. The van der Waals surface area contributed by atoms with E-state index < -0.39 is 18.0 Å². The number of pyridine rings is 1. The van der Waals surface area contributed by atoms with Crippen LogP contribution in [0.5, 0.6) is 0 Å². The van der Waals surface area contributed by atoms with Crippen molar-refractivity contribution in [3.8, 4) is 22.5 Å². The molecule has 2 N–H and O–H groups in total. The first-order chi connectivity index (χ1) is 20.2. The molecule has 6 rings (SSSR count). The topological polar surface area (TPSA) is 117 Å². The van der Waals surface area contributed by atoms with Crippen LogP contribution >= 0.6 is 0 Å². The van der Waals surface area contributed by atoms with E-state index in [0.29, 0.717) is 23.6 Å². The quantitative estimate of drug-likeness (QED) is 0.285. The Morgan fingerprint density at radius 3 is 2.52 bits per heavy atom. The lowest BCUT2D eigenvalue weighted by atomic mass is 10.0. The van der Waals surface area contributed by atoms with Gasteiger partial charge < -0.3 is 15.3 Å². The Bertz CT molecular complexity index is 1740. The van der Waals surface area contributed by atoms with Crippen LogP contribution in [0.25, 0.3) is 28.2 Å². The van der Waals surface area contributed by atoms with Crippen molar-refractivity contribution >= 4 is 23.2 Å². The van der Waals surface area contributed by atoms with Crippen LogP contribution in [-0.2, 0) is 7.05 Å². The van der Waals surface area contributed by atoms with Gasteiger partial charge in [-0.15, -0.1) is 0 Å². The highest BCUT2D eigenvalue weighted by molar-refractivity contribution is 6.03. The van der Waals surface area contributed by atoms with E-state index in [-0.39, 0.29) is 17.2 Å². The van der Waals surface area contributed by atoms with Crippen LogP contribution in [0.15, 0.2) is 60.9 Å². The number of aryl methyl sites for hydroxylation is 1. The molecule has 1 amide bonds. The Balaban J connectivity index is 1.37. The molecule has 0 bridgehead atoms. The number of fused-ring (bicyclic) bond motifs is 1. The molecule has 0 aliphatic carbocycles. The molecule has 1 fully saturated rings. The first-order valence-electron chi connectivity index (χ1n) is 13.5. The van der Waals surface area contributed by atoms with Crippen LogP contribution in [0.1, 0.15) is 17.3 Å². The van der Waals surface area contributed by atoms with Crippen LogP contribution in [0.4, 0.5) is 20.4 Å². The number of carbonyl (C=O) groups is 1. The Labute approximate surface area is 240 Å². The SMILES string of the molecule is C[C@H](O)CN1CCN(c2c(-c3ccc4nc(NC(=O)c5ccnc(F)c5)cn4n3)c(-c3ccc(F)cc3)nn2C)CC1. The third-order valence-electron chi connectivity index (χ3n) is 7.14. The van der Waals surface area contributed by atoms with E-state index in [4.69, 9.17) is 10.2 Å². The molecule has 1 aromatic carbocycles. The normalized spacial score (nSPS) is 14.8. The minimum atomic E-state index is -0.752. The van der Waals surface area contributed by atoms with Crippen molar-refractivity contribution in [1.29, 1.82) is 0 Å². The highest BCUT2D eigenvalue weighted by Gasteiger charge is 2.28. The minimum absolute atomic E-state index is 0.116. The van der Waals surface area contributed by atoms with Crippen molar-refractivity contribution in [1.82, 2.24) is 34.3 Å². The molecule has 1 atom stereocenters. The van der Waals surface area contributed by atoms with Gasteiger partial charge in [0.05, 0.1) is 23.6 Å². The Kier molecular flexibility index (Phi) is 7.35. The van der Waals surface area contributed by atoms with Crippen molar-refractivity contribution in [3.05, 3.63) is 78.3 Å². The fourth-order valence-electron chi connectivity index (χ4n) is 5.25. The highest BCUT2D eigenvalue weighted by atomic mass is 19.1. The van der Waals surface area contributed by atoms with E-state index in [9.17, 15) is 18.7 Å². The van der Waals surface area contributed by atoms with E-state index in [1.807, 2.05) is 17.8 Å². The third kappa shape index (κ3) is 5.56. The van der Waals surface area contributed by atoms with Gasteiger partial charge in [-0.05, 0) is 49.4 Å². The van der Waals surface area contributed by atoms with Crippen molar-refractivity contribution in [2.24, 2.45) is 7.05 Å². The van der Waals surface area contributed by atoms with E-state index in [1.165, 1.54) is 24.4 Å². The number of aromatic nitrogens is 6. The second kappa shape index (κ2) is 11.3. The van der Waals surface area contributed by atoms with Crippen LogP contribution in [0, 0.1) is 11.8 Å². The molecule has 0 spiro atoms. The second-order valence-electron chi connectivity index (χ2n) is 10.3. The Hall–Kier alpha value is -4.75. The molecule has 0 unspecified atom stereocenters. The van der Waals surface area contributed by atoms with Crippen molar-refractivity contribution in [2.45, 2.75) is 13.0 Å². The highest BCUT2D eigenvalue weighted by Crippen LogP contribution is 2.39. The van der Waals surface area contributed by atoms with Gasteiger partial charge >= 0.3 is 0 Å². The molecule has 13 heteroatoms. The molecule has 0 radical (unpaired) electrons.